The summed E-state index contributed by atoms with van der Waals surface area (Å²) < 4.78 is 26.9. The second-order valence-corrected chi connectivity index (χ2v) is 7.52. The largest absolute Gasteiger partial charge is 0.326 e. The molecule has 0 aliphatic rings. The first-order valence-corrected chi connectivity index (χ1v) is 8.75. The predicted octanol–water partition coefficient (Wildman–Crippen LogP) is 2.39. The molecule has 0 aliphatic carbocycles. The average Bonchev–Trinajstić information content (AvgIpc) is 2.36. The number of rotatable bonds is 8. The Kier molecular flexibility index (Phi) is 6.65. The van der Waals surface area contributed by atoms with Gasteiger partial charge in [0.15, 0.2) is 0 Å². The third-order valence-electron chi connectivity index (χ3n) is 3.17. The summed E-state index contributed by atoms with van der Waals surface area (Å²) in [4.78, 5) is 0. The fourth-order valence-corrected chi connectivity index (χ4v) is 3.43. The molecular weight excluding hydrogens is 272 g/mol. The van der Waals surface area contributed by atoms with Gasteiger partial charge in [0.1, 0.15) is 0 Å². The molecule has 0 heterocycles. The molecule has 0 fully saturated rings. The van der Waals surface area contributed by atoms with Crippen molar-refractivity contribution in [2.75, 3.05) is 0 Å². The van der Waals surface area contributed by atoms with Crippen LogP contribution in [0, 0.1) is 5.92 Å². The van der Waals surface area contributed by atoms with Crippen molar-refractivity contribution >= 4 is 10.0 Å². The minimum absolute atomic E-state index is 0.0177. The molecule has 114 valence electrons. The van der Waals surface area contributed by atoms with Gasteiger partial charge in [-0.2, -0.15) is 0 Å². The molecule has 0 bridgehead atoms. The Morgan fingerprint density at radius 2 is 1.60 bits per heavy atom. The molecule has 0 radical (unpaired) electrons. The summed E-state index contributed by atoms with van der Waals surface area (Å²) in [5.74, 6) is 0.606. The van der Waals surface area contributed by atoms with E-state index in [1.165, 1.54) is 0 Å². The maximum atomic E-state index is 12.1. The van der Waals surface area contributed by atoms with Crippen LogP contribution in [0.4, 0.5) is 0 Å². The van der Waals surface area contributed by atoms with E-state index in [0.29, 0.717) is 12.5 Å². The molecule has 0 aromatic heterocycles. The molecule has 1 rings (SSSR count). The SMILES string of the molecule is CC(C)CCC(C)NS(=O)(=O)Cc1ccc(CN)cc1. The van der Waals surface area contributed by atoms with Crippen LogP contribution in [-0.4, -0.2) is 14.5 Å². The minimum Gasteiger partial charge on any atom is -0.326 e. The average molecular weight is 298 g/mol. The maximum absolute atomic E-state index is 12.1. The summed E-state index contributed by atoms with van der Waals surface area (Å²) in [6.07, 6.45) is 1.89. The number of sulfonamides is 1. The Bertz CT molecular complexity index is 495. The van der Waals surface area contributed by atoms with Gasteiger partial charge in [-0.15, -0.1) is 0 Å². The predicted molar refractivity (Wildman–Crippen MR) is 83.6 cm³/mol. The normalized spacial score (nSPS) is 13.7. The molecule has 1 unspecified atom stereocenters. The Morgan fingerprint density at radius 1 is 1.05 bits per heavy atom. The van der Waals surface area contributed by atoms with Gasteiger partial charge in [0.05, 0.1) is 5.75 Å². The van der Waals surface area contributed by atoms with Crippen molar-refractivity contribution in [3.63, 3.8) is 0 Å². The van der Waals surface area contributed by atoms with E-state index in [1.807, 2.05) is 31.2 Å². The lowest BCUT2D eigenvalue weighted by molar-refractivity contribution is 0.485. The fraction of sp³-hybridized carbons (Fsp3) is 0.600. The number of hydrogen-bond donors (Lipinski definition) is 2. The number of nitrogens with two attached hydrogens (primary N) is 1. The highest BCUT2D eigenvalue weighted by Crippen LogP contribution is 2.10. The molecule has 5 heteroatoms. The van der Waals surface area contributed by atoms with Crippen LogP contribution < -0.4 is 10.5 Å². The standard InChI is InChI=1S/C15H26N2O2S/c1-12(2)4-5-13(3)17-20(18,19)11-15-8-6-14(10-16)7-9-15/h6-9,12-13,17H,4-5,10-11,16H2,1-3H3. The van der Waals surface area contributed by atoms with Crippen molar-refractivity contribution < 1.29 is 8.42 Å². The molecule has 4 nitrogen and oxygen atoms in total. The van der Waals surface area contributed by atoms with Gasteiger partial charge in [0.25, 0.3) is 0 Å². The van der Waals surface area contributed by atoms with E-state index in [2.05, 4.69) is 18.6 Å². The molecule has 0 amide bonds. The van der Waals surface area contributed by atoms with Crippen LogP contribution in [0.5, 0.6) is 0 Å². The van der Waals surface area contributed by atoms with Gasteiger partial charge in [-0.1, -0.05) is 38.1 Å². The van der Waals surface area contributed by atoms with Crippen LogP contribution >= 0.6 is 0 Å². The smallest absolute Gasteiger partial charge is 0.216 e. The van der Waals surface area contributed by atoms with Crippen molar-refractivity contribution in [1.29, 1.82) is 0 Å². The van der Waals surface area contributed by atoms with Crippen LogP contribution in [-0.2, 0) is 22.3 Å². The molecule has 3 N–H and O–H groups in total. The second-order valence-electron chi connectivity index (χ2n) is 5.77. The van der Waals surface area contributed by atoms with E-state index in [1.54, 1.807) is 0 Å². The van der Waals surface area contributed by atoms with Crippen molar-refractivity contribution in [3.05, 3.63) is 35.4 Å². The molecule has 0 saturated heterocycles. The van der Waals surface area contributed by atoms with E-state index < -0.39 is 10.0 Å². The minimum atomic E-state index is -3.28. The maximum Gasteiger partial charge on any atom is 0.216 e. The summed E-state index contributed by atoms with van der Waals surface area (Å²) in [6, 6.07) is 7.35. The van der Waals surface area contributed by atoms with Gasteiger partial charge in [0.2, 0.25) is 10.0 Å². The highest BCUT2D eigenvalue weighted by Gasteiger charge is 2.15. The zero-order valence-corrected chi connectivity index (χ0v) is 13.4. The first kappa shape index (κ1) is 17.1. The third-order valence-corrected chi connectivity index (χ3v) is 4.65. The van der Waals surface area contributed by atoms with Gasteiger partial charge in [0, 0.05) is 12.6 Å². The molecule has 0 aliphatic heterocycles. The number of nitrogens with one attached hydrogen (secondary N) is 1. The lowest BCUT2D eigenvalue weighted by atomic mass is 10.1. The Labute approximate surface area is 122 Å². The topological polar surface area (TPSA) is 72.2 Å². The second kappa shape index (κ2) is 7.76. The van der Waals surface area contributed by atoms with Gasteiger partial charge in [-0.25, -0.2) is 13.1 Å². The van der Waals surface area contributed by atoms with Gasteiger partial charge in [-0.3, -0.25) is 0 Å². The fourth-order valence-electron chi connectivity index (χ4n) is 1.98. The lowest BCUT2D eigenvalue weighted by Gasteiger charge is -2.15. The molecule has 1 atom stereocenters. The summed E-state index contributed by atoms with van der Waals surface area (Å²) >= 11 is 0. The molecule has 0 spiro atoms. The van der Waals surface area contributed by atoms with E-state index in [-0.39, 0.29) is 11.8 Å². The summed E-state index contributed by atoms with van der Waals surface area (Å²) in [5, 5.41) is 0. The van der Waals surface area contributed by atoms with Crippen LogP contribution in [0.3, 0.4) is 0 Å². The van der Waals surface area contributed by atoms with Crippen molar-refractivity contribution in [1.82, 2.24) is 4.72 Å². The van der Waals surface area contributed by atoms with Gasteiger partial charge >= 0.3 is 0 Å². The molecular formula is C15H26N2O2S. The van der Waals surface area contributed by atoms with Crippen molar-refractivity contribution in [2.45, 2.75) is 52.0 Å². The monoisotopic (exact) mass is 298 g/mol. The summed E-state index contributed by atoms with van der Waals surface area (Å²) in [7, 11) is -3.28. The first-order valence-electron chi connectivity index (χ1n) is 7.10. The van der Waals surface area contributed by atoms with Crippen LogP contribution in [0.25, 0.3) is 0 Å². The quantitative estimate of drug-likeness (QED) is 0.774. The summed E-state index contributed by atoms with van der Waals surface area (Å²) in [5.41, 5.74) is 7.31. The van der Waals surface area contributed by atoms with E-state index in [9.17, 15) is 8.42 Å². The highest BCUT2D eigenvalue weighted by atomic mass is 32.2. The zero-order valence-electron chi connectivity index (χ0n) is 12.6. The van der Waals surface area contributed by atoms with Crippen molar-refractivity contribution in [2.24, 2.45) is 11.7 Å². The molecule has 1 aromatic carbocycles. The van der Waals surface area contributed by atoms with Crippen LogP contribution in [0.15, 0.2) is 24.3 Å². The number of benzene rings is 1. The van der Waals surface area contributed by atoms with Gasteiger partial charge in [-0.05, 0) is 36.8 Å². The third kappa shape index (κ3) is 6.50. The molecule has 0 saturated carbocycles. The van der Waals surface area contributed by atoms with E-state index in [0.717, 1.165) is 24.0 Å². The Balaban J connectivity index is 2.55. The molecule has 20 heavy (non-hydrogen) atoms. The van der Waals surface area contributed by atoms with Crippen molar-refractivity contribution in [3.8, 4) is 0 Å². The Morgan fingerprint density at radius 3 is 2.10 bits per heavy atom. The number of hydrogen-bond acceptors (Lipinski definition) is 3. The molecule has 1 aromatic rings. The van der Waals surface area contributed by atoms with Crippen LogP contribution in [0.1, 0.15) is 44.7 Å². The highest BCUT2D eigenvalue weighted by molar-refractivity contribution is 7.88. The Hall–Kier alpha value is -0.910. The zero-order chi connectivity index (χ0) is 15.2. The first-order chi connectivity index (χ1) is 9.32. The lowest BCUT2D eigenvalue weighted by Crippen LogP contribution is -2.33. The summed E-state index contributed by atoms with van der Waals surface area (Å²) in [6.45, 7) is 6.66. The van der Waals surface area contributed by atoms with Gasteiger partial charge < -0.3 is 5.73 Å². The van der Waals surface area contributed by atoms with E-state index >= 15 is 0 Å². The van der Waals surface area contributed by atoms with E-state index in [4.69, 9.17) is 5.73 Å². The van der Waals surface area contributed by atoms with Crippen LogP contribution in [0.2, 0.25) is 0 Å².